The molecule has 1 amide bonds. The SMILES string of the molecule is CC(C)OCCCN1CCC(C(O)C(=O)NC2CC2)CC1. The van der Waals surface area contributed by atoms with Gasteiger partial charge >= 0.3 is 0 Å². The van der Waals surface area contributed by atoms with Gasteiger partial charge in [-0.1, -0.05) is 0 Å². The van der Waals surface area contributed by atoms with Crippen molar-refractivity contribution in [1.82, 2.24) is 10.2 Å². The quantitative estimate of drug-likeness (QED) is 0.660. The van der Waals surface area contributed by atoms with Crippen molar-refractivity contribution in [1.29, 1.82) is 0 Å². The Morgan fingerprint density at radius 3 is 2.52 bits per heavy atom. The summed E-state index contributed by atoms with van der Waals surface area (Å²) < 4.78 is 5.55. The number of hydrogen-bond acceptors (Lipinski definition) is 4. The maximum absolute atomic E-state index is 11.9. The van der Waals surface area contributed by atoms with E-state index in [4.69, 9.17) is 4.74 Å². The van der Waals surface area contributed by atoms with Crippen molar-refractivity contribution in [3.05, 3.63) is 0 Å². The van der Waals surface area contributed by atoms with Crippen molar-refractivity contribution < 1.29 is 14.6 Å². The third-order valence-corrected chi connectivity index (χ3v) is 4.34. The van der Waals surface area contributed by atoms with Gasteiger partial charge in [-0.25, -0.2) is 0 Å². The lowest BCUT2D eigenvalue weighted by Gasteiger charge is -2.33. The van der Waals surface area contributed by atoms with E-state index in [1.807, 2.05) is 0 Å². The van der Waals surface area contributed by atoms with Gasteiger partial charge in [0.2, 0.25) is 5.91 Å². The van der Waals surface area contributed by atoms with E-state index in [-0.39, 0.29) is 11.8 Å². The highest BCUT2D eigenvalue weighted by molar-refractivity contribution is 5.81. The van der Waals surface area contributed by atoms with Gasteiger partial charge in [-0.3, -0.25) is 4.79 Å². The Morgan fingerprint density at radius 2 is 1.95 bits per heavy atom. The van der Waals surface area contributed by atoms with Crippen molar-refractivity contribution in [3.8, 4) is 0 Å². The summed E-state index contributed by atoms with van der Waals surface area (Å²) in [6, 6.07) is 0.327. The summed E-state index contributed by atoms with van der Waals surface area (Å²) in [5.41, 5.74) is 0. The van der Waals surface area contributed by atoms with Gasteiger partial charge in [-0.05, 0) is 65.0 Å². The molecule has 0 aromatic carbocycles. The molecule has 5 heteroatoms. The largest absolute Gasteiger partial charge is 0.383 e. The number of amides is 1. The fraction of sp³-hybridized carbons (Fsp3) is 0.938. The zero-order valence-electron chi connectivity index (χ0n) is 13.4. The summed E-state index contributed by atoms with van der Waals surface area (Å²) in [6.45, 7) is 7.91. The Balaban J connectivity index is 1.59. The number of likely N-dealkylation sites (tertiary alicyclic amines) is 1. The first-order valence-corrected chi connectivity index (χ1v) is 8.38. The van der Waals surface area contributed by atoms with Crippen LogP contribution in [0.3, 0.4) is 0 Å². The number of nitrogens with zero attached hydrogens (tertiary/aromatic N) is 1. The predicted molar refractivity (Wildman–Crippen MR) is 82.0 cm³/mol. The lowest BCUT2D eigenvalue weighted by Crippen LogP contribution is -2.45. The highest BCUT2D eigenvalue weighted by Gasteiger charge is 2.32. The molecule has 1 saturated heterocycles. The summed E-state index contributed by atoms with van der Waals surface area (Å²) >= 11 is 0. The van der Waals surface area contributed by atoms with Crippen molar-refractivity contribution in [2.75, 3.05) is 26.2 Å². The van der Waals surface area contributed by atoms with E-state index in [1.54, 1.807) is 0 Å². The van der Waals surface area contributed by atoms with Gasteiger partial charge in [0, 0.05) is 19.2 Å². The summed E-state index contributed by atoms with van der Waals surface area (Å²) in [7, 11) is 0. The topological polar surface area (TPSA) is 61.8 Å². The molecular formula is C16H30N2O3. The fourth-order valence-corrected chi connectivity index (χ4v) is 2.83. The van der Waals surface area contributed by atoms with Crippen LogP contribution in [0.15, 0.2) is 0 Å². The molecule has 21 heavy (non-hydrogen) atoms. The van der Waals surface area contributed by atoms with Crippen LogP contribution in [-0.2, 0) is 9.53 Å². The number of aliphatic hydroxyl groups excluding tert-OH is 1. The first kappa shape index (κ1) is 16.7. The first-order valence-electron chi connectivity index (χ1n) is 8.38. The molecule has 1 saturated carbocycles. The molecular weight excluding hydrogens is 268 g/mol. The number of rotatable bonds is 8. The number of nitrogens with one attached hydrogen (secondary N) is 1. The highest BCUT2D eigenvalue weighted by Crippen LogP contribution is 2.23. The van der Waals surface area contributed by atoms with Gasteiger partial charge in [0.15, 0.2) is 0 Å². The molecule has 1 aliphatic heterocycles. The highest BCUT2D eigenvalue weighted by atomic mass is 16.5. The minimum Gasteiger partial charge on any atom is -0.383 e. The van der Waals surface area contributed by atoms with E-state index < -0.39 is 6.10 Å². The van der Waals surface area contributed by atoms with Crippen LogP contribution in [0.5, 0.6) is 0 Å². The molecule has 1 aliphatic carbocycles. The number of piperidine rings is 1. The molecule has 0 radical (unpaired) electrons. The maximum Gasteiger partial charge on any atom is 0.249 e. The molecule has 1 atom stereocenters. The Labute approximate surface area is 128 Å². The Bertz CT molecular complexity index is 323. The van der Waals surface area contributed by atoms with Crippen LogP contribution >= 0.6 is 0 Å². The zero-order chi connectivity index (χ0) is 15.2. The maximum atomic E-state index is 11.9. The van der Waals surface area contributed by atoms with Crippen molar-refractivity contribution >= 4 is 5.91 Å². The molecule has 5 nitrogen and oxygen atoms in total. The molecule has 122 valence electrons. The van der Waals surface area contributed by atoms with Gasteiger partial charge in [0.05, 0.1) is 6.10 Å². The van der Waals surface area contributed by atoms with E-state index in [0.29, 0.717) is 12.1 Å². The van der Waals surface area contributed by atoms with Crippen molar-refractivity contribution in [2.45, 2.75) is 64.2 Å². The van der Waals surface area contributed by atoms with Crippen LogP contribution in [0.1, 0.15) is 46.0 Å². The van der Waals surface area contributed by atoms with Crippen LogP contribution in [0.2, 0.25) is 0 Å². The third-order valence-electron chi connectivity index (χ3n) is 4.34. The zero-order valence-corrected chi connectivity index (χ0v) is 13.4. The fourth-order valence-electron chi connectivity index (χ4n) is 2.83. The summed E-state index contributed by atoms with van der Waals surface area (Å²) in [5, 5.41) is 13.0. The monoisotopic (exact) mass is 298 g/mol. The average Bonchev–Trinajstić information content (AvgIpc) is 3.27. The van der Waals surface area contributed by atoms with E-state index in [0.717, 1.165) is 58.3 Å². The Hall–Kier alpha value is -0.650. The van der Waals surface area contributed by atoms with Crippen LogP contribution in [0.25, 0.3) is 0 Å². The normalized spacial score (nSPS) is 22.5. The number of aliphatic hydroxyl groups is 1. The Morgan fingerprint density at radius 1 is 1.29 bits per heavy atom. The molecule has 2 fully saturated rings. The smallest absolute Gasteiger partial charge is 0.249 e. The average molecular weight is 298 g/mol. The molecule has 2 rings (SSSR count). The summed E-state index contributed by atoms with van der Waals surface area (Å²) in [4.78, 5) is 14.3. The second-order valence-electron chi connectivity index (χ2n) is 6.68. The van der Waals surface area contributed by atoms with Gasteiger partial charge in [0.25, 0.3) is 0 Å². The van der Waals surface area contributed by atoms with Crippen LogP contribution in [-0.4, -0.2) is 60.4 Å². The first-order chi connectivity index (χ1) is 10.1. The molecule has 0 aromatic heterocycles. The summed E-state index contributed by atoms with van der Waals surface area (Å²) in [6.07, 6.45) is 4.47. The molecule has 1 heterocycles. The predicted octanol–water partition coefficient (Wildman–Crippen LogP) is 1.15. The number of hydrogen-bond donors (Lipinski definition) is 2. The van der Waals surface area contributed by atoms with Crippen molar-refractivity contribution in [3.63, 3.8) is 0 Å². The molecule has 2 N–H and O–H groups in total. The minimum absolute atomic E-state index is 0.118. The molecule has 0 aromatic rings. The second kappa shape index (κ2) is 8.11. The van der Waals surface area contributed by atoms with E-state index >= 15 is 0 Å². The number of carbonyl (C=O) groups is 1. The molecule has 2 aliphatic rings. The second-order valence-corrected chi connectivity index (χ2v) is 6.68. The third kappa shape index (κ3) is 5.93. The van der Waals surface area contributed by atoms with E-state index in [1.165, 1.54) is 0 Å². The standard InChI is InChI=1S/C16H30N2O3/c1-12(2)21-11-3-8-18-9-6-13(7-10-18)15(19)16(20)17-14-4-5-14/h12-15,19H,3-11H2,1-2H3,(H,17,20). The van der Waals surface area contributed by atoms with Crippen LogP contribution in [0.4, 0.5) is 0 Å². The van der Waals surface area contributed by atoms with E-state index in [9.17, 15) is 9.90 Å². The van der Waals surface area contributed by atoms with Gasteiger partial charge < -0.3 is 20.1 Å². The molecule has 1 unspecified atom stereocenters. The lowest BCUT2D eigenvalue weighted by atomic mass is 9.90. The molecule has 0 bridgehead atoms. The summed E-state index contributed by atoms with van der Waals surface area (Å²) in [5.74, 6) is -0.0480. The van der Waals surface area contributed by atoms with Crippen molar-refractivity contribution in [2.24, 2.45) is 5.92 Å². The van der Waals surface area contributed by atoms with E-state index in [2.05, 4.69) is 24.1 Å². The van der Waals surface area contributed by atoms with Gasteiger partial charge in [-0.2, -0.15) is 0 Å². The Kier molecular flexibility index (Phi) is 6.45. The van der Waals surface area contributed by atoms with Crippen LogP contribution < -0.4 is 5.32 Å². The molecule has 0 spiro atoms. The van der Waals surface area contributed by atoms with Gasteiger partial charge in [-0.15, -0.1) is 0 Å². The number of carbonyl (C=O) groups excluding carboxylic acids is 1. The number of ether oxygens (including phenoxy) is 1. The van der Waals surface area contributed by atoms with Gasteiger partial charge in [0.1, 0.15) is 6.10 Å². The lowest BCUT2D eigenvalue weighted by molar-refractivity contribution is -0.133. The minimum atomic E-state index is -0.822. The van der Waals surface area contributed by atoms with Crippen LogP contribution in [0, 0.1) is 5.92 Å².